The summed E-state index contributed by atoms with van der Waals surface area (Å²) in [6.45, 7) is 22.2. The van der Waals surface area contributed by atoms with E-state index >= 15 is 0 Å². The van der Waals surface area contributed by atoms with Gasteiger partial charge in [0.15, 0.2) is 101 Å². The Morgan fingerprint density at radius 3 is 1.00 bits per heavy atom. The van der Waals surface area contributed by atoms with Crippen LogP contribution >= 0.6 is 0 Å². The van der Waals surface area contributed by atoms with E-state index in [0.29, 0.717) is 42.6 Å². The number of aromatic nitrogens is 6. The lowest BCUT2D eigenvalue weighted by Crippen LogP contribution is -2.39. The van der Waals surface area contributed by atoms with Gasteiger partial charge in [-0.25, -0.2) is 18.3 Å². The molecule has 0 aliphatic carbocycles. The van der Waals surface area contributed by atoms with Crippen molar-refractivity contribution in [2.24, 2.45) is 0 Å². The molecule has 0 atom stereocenters. The van der Waals surface area contributed by atoms with Crippen molar-refractivity contribution in [1.82, 2.24) is 0 Å². The Balaban J connectivity index is 0.000000240. The van der Waals surface area contributed by atoms with Gasteiger partial charge in [-0.05, 0) is 71.2 Å². The Kier molecular flexibility index (Phi) is 26.1. The van der Waals surface area contributed by atoms with Gasteiger partial charge in [-0.3, -0.25) is 0 Å². The monoisotopic (exact) mass is 1180 g/mol. The maximum atomic E-state index is 10.1. The van der Waals surface area contributed by atoms with Gasteiger partial charge in [-0.15, -0.1) is 13.2 Å². The molecule has 0 saturated heterocycles. The van der Waals surface area contributed by atoms with Crippen molar-refractivity contribution in [3.8, 4) is 0 Å². The van der Waals surface area contributed by atoms with E-state index in [2.05, 4.69) is 169 Å². The highest BCUT2D eigenvalue weighted by Crippen LogP contribution is 2.22. The second-order valence-electron chi connectivity index (χ2n) is 21.0. The molecule has 0 saturated carbocycles. The summed E-state index contributed by atoms with van der Waals surface area (Å²) >= 11 is 0. The zero-order valence-corrected chi connectivity index (χ0v) is 51.4. The molecule has 6 heterocycles. The van der Waals surface area contributed by atoms with Crippen LogP contribution in [0, 0.1) is 0 Å². The van der Waals surface area contributed by atoms with Crippen LogP contribution in [-0.2, 0) is 39.3 Å². The van der Waals surface area contributed by atoms with E-state index in [0.717, 1.165) is 79.4 Å². The first-order valence-electron chi connectivity index (χ1n) is 29.9. The third-order valence-electron chi connectivity index (χ3n) is 14.2. The summed E-state index contributed by atoms with van der Waals surface area (Å²) < 4.78 is 12.8. The Bertz CT molecular complexity index is 3880. The van der Waals surface area contributed by atoms with E-state index in [1.165, 1.54) is 5.56 Å². The van der Waals surface area contributed by atoms with Crippen molar-refractivity contribution in [3.05, 3.63) is 326 Å². The van der Waals surface area contributed by atoms with Crippen LogP contribution in [0.3, 0.4) is 0 Å². The molecule has 6 aromatic heterocycles. The third kappa shape index (κ3) is 20.2. The molecule has 11 rings (SSSR count). The van der Waals surface area contributed by atoms with Crippen molar-refractivity contribution < 1.29 is 57.5 Å². The average Bonchev–Trinajstić information content (AvgIpc) is 3.47. The lowest BCUT2D eigenvalue weighted by atomic mass is 9.78. The van der Waals surface area contributed by atoms with E-state index in [-0.39, 0.29) is 0 Å². The minimum Gasteiger partial charge on any atom is -0.423 e. The number of fused-ring (bicyclic) bond motifs is 3. The van der Waals surface area contributed by atoms with Crippen LogP contribution in [0.4, 0.5) is 0 Å². The van der Waals surface area contributed by atoms with Gasteiger partial charge in [0, 0.05) is 106 Å². The molecule has 0 amide bonds. The Morgan fingerprint density at radius 1 is 0.326 bits per heavy atom. The van der Waals surface area contributed by atoms with Gasteiger partial charge in [-0.2, -0.15) is 9.13 Å². The Morgan fingerprint density at radius 2 is 0.652 bits per heavy atom. The van der Waals surface area contributed by atoms with Crippen molar-refractivity contribution in [2.45, 2.75) is 67.0 Å². The molecule has 0 spiro atoms. The topological polar surface area (TPSA) is 145 Å². The van der Waals surface area contributed by atoms with Gasteiger partial charge in [-0.1, -0.05) is 136 Å². The summed E-state index contributed by atoms with van der Waals surface area (Å²) in [6, 6.07) is 60.2. The quantitative estimate of drug-likeness (QED) is 0.0238. The second-order valence-corrected chi connectivity index (χ2v) is 21.0. The van der Waals surface area contributed by atoms with E-state index < -0.39 is 21.4 Å². The number of rotatable bonds is 18. The molecule has 12 nitrogen and oxygen atoms in total. The van der Waals surface area contributed by atoms with Crippen molar-refractivity contribution in [1.29, 1.82) is 0 Å². The fourth-order valence-electron chi connectivity index (χ4n) is 10.1. The normalized spacial score (nSPS) is 10.5. The molecule has 6 N–H and O–H groups in total. The predicted octanol–water partition coefficient (Wildman–Crippen LogP) is 6.96. The van der Waals surface area contributed by atoms with Crippen LogP contribution in [0.25, 0.3) is 40.0 Å². The molecule has 0 aliphatic rings. The van der Waals surface area contributed by atoms with Gasteiger partial charge in [0.2, 0.25) is 11.0 Å². The van der Waals surface area contributed by atoms with Crippen LogP contribution in [0.5, 0.6) is 0 Å². The highest BCUT2D eigenvalue weighted by Gasteiger charge is 2.22. The first kappa shape index (κ1) is 67.0. The number of hydrogen-bond donors (Lipinski definition) is 6. The first-order chi connectivity index (χ1) is 43.3. The number of pyridine rings is 6. The maximum Gasteiger partial charge on any atom is 0.488 e. The van der Waals surface area contributed by atoms with Gasteiger partial charge in [0.25, 0.3) is 0 Å². The minimum absolute atomic E-state index is 0.467. The first-order valence-corrected chi connectivity index (χ1v) is 29.9. The summed E-state index contributed by atoms with van der Waals surface area (Å²) in [7, 11) is -4.55. The second kappa shape index (κ2) is 34.7. The zero-order chi connectivity index (χ0) is 63.5. The van der Waals surface area contributed by atoms with Crippen molar-refractivity contribution in [2.75, 3.05) is 0 Å². The van der Waals surface area contributed by atoms with Crippen LogP contribution in [0.15, 0.2) is 276 Å². The molecular formula is C74H81B3N6O6+6. The fourth-order valence-corrected chi connectivity index (χ4v) is 10.1. The lowest BCUT2D eigenvalue weighted by molar-refractivity contribution is -0.688. The van der Waals surface area contributed by atoms with Gasteiger partial charge in [0.1, 0.15) is 0 Å². The van der Waals surface area contributed by atoms with E-state index in [9.17, 15) is 30.1 Å². The van der Waals surface area contributed by atoms with E-state index in [1.807, 2.05) is 156 Å². The molecule has 0 radical (unpaired) electrons. The smallest absolute Gasteiger partial charge is 0.423 e. The number of allylic oxidation sites excluding steroid dienone is 2. The maximum absolute atomic E-state index is 10.1. The summed E-state index contributed by atoms with van der Waals surface area (Å²) in [6.07, 6.45) is 29.9. The molecule has 0 unspecified atom stereocenters. The minimum atomic E-state index is -1.56. The molecular weight excluding hydrogens is 1100 g/mol. The van der Waals surface area contributed by atoms with Gasteiger partial charge >= 0.3 is 21.4 Å². The van der Waals surface area contributed by atoms with Crippen LogP contribution in [-0.4, -0.2) is 51.5 Å². The molecule has 0 fully saturated rings. The summed E-state index contributed by atoms with van der Waals surface area (Å²) in [5, 5.41) is 60.9. The molecule has 15 heteroatoms. The van der Waals surface area contributed by atoms with Crippen molar-refractivity contribution >= 4 is 77.8 Å². The third-order valence-corrected chi connectivity index (χ3v) is 14.2. The van der Waals surface area contributed by atoms with Gasteiger partial charge < -0.3 is 30.1 Å². The highest BCUT2D eigenvalue weighted by molar-refractivity contribution is 6.59. The Hall–Kier alpha value is -9.57. The van der Waals surface area contributed by atoms with Gasteiger partial charge in [0.05, 0.1) is 10.8 Å². The predicted molar refractivity (Wildman–Crippen MR) is 360 cm³/mol. The van der Waals surface area contributed by atoms with Crippen LogP contribution in [0.1, 0.15) is 77.8 Å². The SMILES string of the molecule is C=CC.C=CC.C=Cc1ccc(C[n+]2ccc(/C=C/c3cc[n+](Cc4ccc(B(O)O)cc4)cc3)cc2)cc1.CC.OB(O)c1cc(C[n+]2ccccc2)cc(C[n+]2cccc3c4ccc[n+](Cc5cc(C[n+]6ccccc6)cc(B(O)O)c5)c4ccc32)c1. The molecule has 89 heavy (non-hydrogen) atoms. The summed E-state index contributed by atoms with van der Waals surface area (Å²) in [4.78, 5) is 0. The molecule has 446 valence electrons. The van der Waals surface area contributed by atoms with Crippen LogP contribution < -0.4 is 43.8 Å². The molecule has 5 aromatic carbocycles. The highest BCUT2D eigenvalue weighted by atomic mass is 16.4. The molecule has 11 aromatic rings. The molecule has 0 bridgehead atoms. The number of benzene rings is 5. The largest absolute Gasteiger partial charge is 0.488 e. The van der Waals surface area contributed by atoms with E-state index in [1.54, 1.807) is 24.3 Å². The van der Waals surface area contributed by atoms with Crippen molar-refractivity contribution in [3.63, 3.8) is 0 Å². The summed E-state index contributed by atoms with van der Waals surface area (Å²) in [5.74, 6) is 0. The fraction of sp³-hybridized carbons (Fsp3) is 0.135. The Labute approximate surface area is 525 Å². The number of nitrogens with zero attached hydrogens (tertiary/aromatic N) is 6. The summed E-state index contributed by atoms with van der Waals surface area (Å²) in [5.41, 5.74) is 13.2. The standard InChI is InChI=1S/C38H36B2N4O4.C28H27BN2O2.2C3H6.C2H6/c45-39(46)33-21-29(25-41-13-3-1-4-14-41)19-31(23-33)27-43-17-7-9-35-36-10-8-18-44(38(36)12-11-37(35)43)28-32-20-30(22-34(24-32)40(47)48)26-42-15-5-2-6-16-42;1-2-23-3-7-26(8-4-23)21-30-17-13-24(14-18-30)5-6-25-15-19-31(20-16-25)22-27-9-11-28(12-10-27)29(32)33;2*1-3-2;1-2/h1-24,45-48H,25-28H2;2-20,32-33H,1,21-22H2;2*3H,1H2,2H3;1-2H3/q+4;+2;;;/b;6-5+;;;. The lowest BCUT2D eigenvalue weighted by Gasteiger charge is -2.09. The average molecular weight is 1180 g/mol. The zero-order valence-electron chi connectivity index (χ0n) is 51.4. The number of hydrogen-bond acceptors (Lipinski definition) is 6. The van der Waals surface area contributed by atoms with E-state index in [4.69, 9.17) is 0 Å². The molecule has 0 aliphatic heterocycles. The van der Waals surface area contributed by atoms with Crippen LogP contribution in [0.2, 0.25) is 0 Å².